The first kappa shape index (κ1) is 31.2. The van der Waals surface area contributed by atoms with Gasteiger partial charge in [0.15, 0.2) is 11.4 Å². The maximum Gasteiger partial charge on any atom is 0.265 e. The van der Waals surface area contributed by atoms with Crippen LogP contribution in [0.2, 0.25) is 0 Å². The molecular weight excluding hydrogens is 560 g/mol. The second-order valence-electron chi connectivity index (χ2n) is 11.0. The highest BCUT2D eigenvalue weighted by atomic mass is 16.3. The molecule has 5 rings (SSSR count). The smallest absolute Gasteiger partial charge is 0.265 e. The Hall–Kier alpha value is -4.79. The first-order valence-corrected chi connectivity index (χ1v) is 13.3. The number of aromatic hydroxyl groups is 1. The van der Waals surface area contributed by atoms with Gasteiger partial charge in [0.25, 0.3) is 11.8 Å². The van der Waals surface area contributed by atoms with Crippen LogP contribution in [0.25, 0.3) is 5.76 Å². The van der Waals surface area contributed by atoms with Gasteiger partial charge in [0.1, 0.15) is 22.8 Å². The molecule has 2 amide bonds. The molecule has 2 aromatic rings. The van der Waals surface area contributed by atoms with Crippen molar-refractivity contribution in [1.29, 1.82) is 0 Å². The number of carbonyl (C=O) groups excluding carboxylic acids is 4. The van der Waals surface area contributed by atoms with Crippen LogP contribution in [0.3, 0.4) is 0 Å². The molecule has 0 aliphatic heterocycles. The Kier molecular flexibility index (Phi) is 8.31. The highest BCUT2D eigenvalue weighted by Crippen LogP contribution is 2.53. The number of nitrogens with two attached hydrogens (primary N) is 2. The number of rotatable bonds is 4. The number of nitrogens with one attached hydrogen (secondary N) is 1. The lowest BCUT2D eigenvalue weighted by Crippen LogP contribution is -2.65. The van der Waals surface area contributed by atoms with E-state index in [0.717, 1.165) is 5.69 Å². The summed E-state index contributed by atoms with van der Waals surface area (Å²) in [7, 11) is 6.75. The van der Waals surface area contributed by atoms with Gasteiger partial charge in [-0.3, -0.25) is 34.5 Å². The molecule has 0 saturated heterocycles. The summed E-state index contributed by atoms with van der Waals surface area (Å²) >= 11 is 0. The van der Waals surface area contributed by atoms with Crippen molar-refractivity contribution in [2.45, 2.75) is 24.5 Å². The molecule has 4 atom stereocenters. The van der Waals surface area contributed by atoms with Crippen LogP contribution in [-0.2, 0) is 20.8 Å². The zero-order valence-corrected chi connectivity index (χ0v) is 24.0. The number of phenols is 1. The van der Waals surface area contributed by atoms with Gasteiger partial charge in [-0.15, -0.1) is 0 Å². The molecule has 0 unspecified atom stereocenters. The molecule has 1 fully saturated rings. The second kappa shape index (κ2) is 11.5. The van der Waals surface area contributed by atoms with Crippen molar-refractivity contribution in [3.63, 3.8) is 0 Å². The average Bonchev–Trinajstić information content (AvgIpc) is 2.95. The largest absolute Gasteiger partial charge is 0.508 e. The summed E-state index contributed by atoms with van der Waals surface area (Å²) in [5, 5.41) is 43.9. The number of aromatic nitrogens is 1. The van der Waals surface area contributed by atoms with E-state index < -0.39 is 58.0 Å². The molecular formula is C29H34N6O8. The number of anilines is 1. The second-order valence-corrected chi connectivity index (χ2v) is 11.0. The third kappa shape index (κ3) is 4.98. The van der Waals surface area contributed by atoms with E-state index in [9.17, 15) is 39.6 Å². The van der Waals surface area contributed by atoms with E-state index in [1.165, 1.54) is 23.4 Å². The number of hydrogen-bond acceptors (Lipinski definition) is 12. The minimum absolute atomic E-state index is 0.0638. The third-order valence-corrected chi connectivity index (χ3v) is 8.13. The lowest BCUT2D eigenvalue weighted by molar-refractivity contribution is -0.153. The molecule has 0 radical (unpaired) electrons. The van der Waals surface area contributed by atoms with Gasteiger partial charge in [0, 0.05) is 49.2 Å². The predicted octanol–water partition coefficient (Wildman–Crippen LogP) is -0.285. The minimum Gasteiger partial charge on any atom is -0.508 e. The molecule has 1 aromatic carbocycles. The molecule has 3 aliphatic rings. The van der Waals surface area contributed by atoms with E-state index in [4.69, 9.17) is 11.6 Å². The van der Waals surface area contributed by atoms with Gasteiger partial charge in [-0.25, -0.2) is 5.84 Å². The summed E-state index contributed by atoms with van der Waals surface area (Å²) in [5.41, 5.74) is 5.67. The molecule has 3 aliphatic carbocycles. The number of benzene rings is 1. The Morgan fingerprint density at radius 3 is 2.21 bits per heavy atom. The van der Waals surface area contributed by atoms with Crippen molar-refractivity contribution >= 4 is 34.8 Å². The summed E-state index contributed by atoms with van der Waals surface area (Å²) < 4.78 is 0. The number of fused-ring (bicyclic) bond motifs is 3. The summed E-state index contributed by atoms with van der Waals surface area (Å²) in [6.07, 6.45) is 3.39. The Balaban J connectivity index is 0.000000359. The molecule has 14 heteroatoms. The standard InChI is InChI=1S/C23H27N3O7.C6H7N3O/c1-25(2)12-5-6-13(27)15-10(12)7-9-8-11-17(26(3)4)19(29)16(22(24)32)21(31)23(11,33)20(30)14(9)18(15)28;7-9-6(10)5-1-3-8-4-2-5/h5-6,9,11,17,27-28,31,33H,7-8H2,1-4H3,(H2,24,32);1-4H,7H2,(H,9,10)/t9-,11-,17-,23-;/m0./s1. The van der Waals surface area contributed by atoms with Crippen molar-refractivity contribution in [3.05, 3.63) is 70.3 Å². The lowest BCUT2D eigenvalue weighted by atomic mass is 9.57. The first-order valence-electron chi connectivity index (χ1n) is 13.3. The first-order chi connectivity index (χ1) is 20.2. The van der Waals surface area contributed by atoms with Gasteiger partial charge in [0.2, 0.25) is 5.78 Å². The number of carbonyl (C=O) groups is 4. The Labute approximate surface area is 246 Å². The zero-order valence-electron chi connectivity index (χ0n) is 24.0. The number of Topliss-reactive ketones (excluding diaryl/α,β-unsaturated/α-hetero) is 2. The van der Waals surface area contributed by atoms with E-state index >= 15 is 0 Å². The van der Waals surface area contributed by atoms with Gasteiger partial charge >= 0.3 is 0 Å². The molecule has 1 saturated carbocycles. The number of hydrazine groups is 1. The molecule has 14 nitrogen and oxygen atoms in total. The van der Waals surface area contributed by atoms with Crippen molar-refractivity contribution < 1.29 is 39.6 Å². The molecule has 0 spiro atoms. The molecule has 43 heavy (non-hydrogen) atoms. The number of pyridine rings is 1. The number of hydrogen-bond donors (Lipinski definition) is 7. The molecule has 1 aromatic heterocycles. The topological polar surface area (TPSA) is 233 Å². The van der Waals surface area contributed by atoms with E-state index in [1.807, 2.05) is 24.4 Å². The summed E-state index contributed by atoms with van der Waals surface area (Å²) in [5.74, 6) is -1.96. The van der Waals surface area contributed by atoms with Crippen LogP contribution in [0.5, 0.6) is 5.75 Å². The Morgan fingerprint density at radius 2 is 1.67 bits per heavy atom. The SMILES string of the molecule is CN(C)c1ccc(O)c2c1C[C@H]1C[C@H]3[C@H](N(C)C)C(=O)C(C(N)=O)=C(O)[C@@]3(O)C(=O)C1=C2O.NNC(=O)c1ccncc1. The maximum atomic E-state index is 13.7. The van der Waals surface area contributed by atoms with Crippen LogP contribution in [0, 0.1) is 11.8 Å². The number of nitrogen functional groups attached to an aromatic ring is 1. The fourth-order valence-corrected chi connectivity index (χ4v) is 6.23. The summed E-state index contributed by atoms with van der Waals surface area (Å²) in [6.45, 7) is 0. The van der Waals surface area contributed by atoms with Gasteiger partial charge < -0.3 is 31.1 Å². The van der Waals surface area contributed by atoms with Crippen LogP contribution in [0.4, 0.5) is 5.69 Å². The summed E-state index contributed by atoms with van der Waals surface area (Å²) in [6, 6.07) is 5.18. The Bertz CT molecular complexity index is 1570. The van der Waals surface area contributed by atoms with Crippen molar-refractivity contribution in [1.82, 2.24) is 15.3 Å². The van der Waals surface area contributed by atoms with E-state index in [1.54, 1.807) is 32.3 Å². The number of aliphatic hydroxyl groups excluding tert-OH is 2. The van der Waals surface area contributed by atoms with Gasteiger partial charge in [-0.05, 0) is 62.7 Å². The summed E-state index contributed by atoms with van der Waals surface area (Å²) in [4.78, 5) is 56.5. The molecule has 228 valence electrons. The molecule has 0 bridgehead atoms. The number of nitrogens with zero attached hydrogens (tertiary/aromatic N) is 3. The fourth-order valence-electron chi connectivity index (χ4n) is 6.23. The number of likely N-dealkylation sites (N-methyl/N-ethyl adjacent to an activating group) is 1. The number of primary amides is 1. The highest BCUT2D eigenvalue weighted by Gasteiger charge is 2.64. The zero-order chi connectivity index (χ0) is 32.0. The van der Waals surface area contributed by atoms with Crippen LogP contribution in [0.1, 0.15) is 27.9 Å². The Morgan fingerprint density at radius 1 is 1.05 bits per heavy atom. The quantitative estimate of drug-likeness (QED) is 0.105. The van der Waals surface area contributed by atoms with Crippen LogP contribution < -0.4 is 21.9 Å². The van der Waals surface area contributed by atoms with E-state index in [-0.39, 0.29) is 35.6 Å². The number of aliphatic hydroxyl groups is 3. The fraction of sp³-hybridized carbons (Fsp3) is 0.345. The van der Waals surface area contributed by atoms with Crippen molar-refractivity contribution in [2.75, 3.05) is 33.1 Å². The van der Waals surface area contributed by atoms with Gasteiger partial charge in [-0.2, -0.15) is 0 Å². The third-order valence-electron chi connectivity index (χ3n) is 8.13. The normalized spacial score (nSPS) is 24.4. The van der Waals surface area contributed by atoms with E-state index in [0.29, 0.717) is 11.1 Å². The predicted molar refractivity (Wildman–Crippen MR) is 154 cm³/mol. The van der Waals surface area contributed by atoms with Crippen LogP contribution in [0.15, 0.2) is 53.6 Å². The van der Waals surface area contributed by atoms with E-state index in [2.05, 4.69) is 4.98 Å². The van der Waals surface area contributed by atoms with Gasteiger partial charge in [0.05, 0.1) is 11.6 Å². The van der Waals surface area contributed by atoms with Gasteiger partial charge in [-0.1, -0.05) is 0 Å². The van der Waals surface area contributed by atoms with Crippen molar-refractivity contribution in [3.8, 4) is 5.75 Å². The number of phenolic OH excluding ortho intramolecular Hbond substituents is 1. The maximum absolute atomic E-state index is 13.7. The lowest BCUT2D eigenvalue weighted by Gasteiger charge is -2.50. The average molecular weight is 595 g/mol. The van der Waals surface area contributed by atoms with Crippen LogP contribution >= 0.6 is 0 Å². The number of amides is 2. The number of ketones is 2. The molecule has 1 heterocycles. The van der Waals surface area contributed by atoms with Crippen LogP contribution in [-0.4, -0.2) is 93.5 Å². The van der Waals surface area contributed by atoms with Crippen molar-refractivity contribution in [2.24, 2.45) is 23.4 Å². The molecule has 9 N–H and O–H groups in total. The highest BCUT2D eigenvalue weighted by molar-refractivity contribution is 6.24. The minimum atomic E-state index is -2.63. The monoisotopic (exact) mass is 594 g/mol.